The van der Waals surface area contributed by atoms with Crippen LogP contribution in [0.5, 0.6) is 11.5 Å². The first kappa shape index (κ1) is 52.1. The summed E-state index contributed by atoms with van der Waals surface area (Å²) in [6.45, 7) is 17.7. The van der Waals surface area contributed by atoms with E-state index in [9.17, 15) is 5.02 Å². The Balaban J connectivity index is 0.000000165. The predicted molar refractivity (Wildman–Crippen MR) is 305 cm³/mol. The van der Waals surface area contributed by atoms with Crippen molar-refractivity contribution < 1.29 is 23.9 Å². The van der Waals surface area contributed by atoms with Gasteiger partial charge >= 0.3 is 10.3 Å². The van der Waals surface area contributed by atoms with Crippen LogP contribution in [0.25, 0.3) is 33.2 Å². The highest BCUT2D eigenvalue weighted by atomic mass is 79.9. The van der Waals surface area contributed by atoms with Gasteiger partial charge in [-0.05, 0) is 190 Å². The molecule has 8 saturated carbocycles. The van der Waals surface area contributed by atoms with E-state index in [0.717, 1.165) is 58.6 Å². The molecule has 9 nitrogen and oxygen atoms in total. The first-order valence-electron chi connectivity index (χ1n) is 26.6. The van der Waals surface area contributed by atoms with Crippen LogP contribution in [0.1, 0.15) is 143 Å². The van der Waals surface area contributed by atoms with Crippen molar-refractivity contribution in [3.63, 3.8) is 0 Å². The number of nitrogens with zero attached hydrogens (tertiary/aromatic N) is 3. The molecule has 0 aromatic carbocycles. The summed E-state index contributed by atoms with van der Waals surface area (Å²) in [4.78, 5) is 12.8. The summed E-state index contributed by atoms with van der Waals surface area (Å²) in [5.74, 6) is 9.07. The van der Waals surface area contributed by atoms with Gasteiger partial charge < -0.3 is 33.1 Å². The lowest BCUT2D eigenvalue weighted by molar-refractivity contribution is -0.269. The fraction of sp³-hybridized carbons (Fsp3) is 0.667. The second kappa shape index (κ2) is 20.6. The Bertz CT molecular complexity index is 2540. The number of hydrogen-bond acceptors (Lipinski definition) is 7. The predicted octanol–water partition coefficient (Wildman–Crippen LogP) is 15.3. The molecule has 378 valence electrons. The van der Waals surface area contributed by atoms with Crippen LogP contribution in [0, 0.1) is 47.3 Å². The maximum absolute atomic E-state index is 10.3. The Hall–Kier alpha value is -1.39. The van der Waals surface area contributed by atoms with Crippen LogP contribution in [0.15, 0.2) is 49.0 Å². The molecule has 6 heterocycles. The zero-order valence-electron chi connectivity index (χ0n) is 42.5. The minimum absolute atomic E-state index is 0.00613. The van der Waals surface area contributed by atoms with Crippen LogP contribution in [0.4, 0.5) is 0 Å². The van der Waals surface area contributed by atoms with Gasteiger partial charge in [0.05, 0.1) is 25.1 Å². The van der Waals surface area contributed by atoms with E-state index in [1.807, 2.05) is 25.5 Å². The van der Waals surface area contributed by atoms with Crippen molar-refractivity contribution in [3.05, 3.63) is 60.1 Å². The molecule has 0 radical (unpaired) electrons. The SMILES string of the molecule is BrB(Br)Br.CC=C(c1c(OC)cnc2c1ccn2[Si](C(C)C)(C(C)C)C(C)C)C1C2CC3CC1CC(OC1CCCCO1)(C3)C2.OB1C=C(C2C3CC4CC2CC(Br)(C4)C3)c2c(cnc3[nH]ccc23)O1. The topological polar surface area (TPSA) is 104 Å². The molecule has 2 aliphatic heterocycles. The van der Waals surface area contributed by atoms with Gasteiger partial charge in [0.2, 0.25) is 0 Å². The second-order valence-electron chi connectivity index (χ2n) is 23.6. The average molecular weight is 1230 g/mol. The number of nitrogens with one attached hydrogen (secondary N) is 1. The van der Waals surface area contributed by atoms with Gasteiger partial charge in [-0.2, -0.15) is 0 Å². The van der Waals surface area contributed by atoms with Crippen LogP contribution in [0.2, 0.25) is 16.6 Å². The molecular formula is C54H74B2Br4N4O5Si. The molecule has 10 aliphatic rings. The normalized spacial score (nSPS) is 33.0. The highest BCUT2D eigenvalue weighted by Gasteiger charge is 2.59. The number of H-pyrrole nitrogens is 1. The average Bonchev–Trinajstić information content (AvgIpc) is 3.95. The van der Waals surface area contributed by atoms with E-state index in [2.05, 4.69) is 150 Å². The molecule has 2 N–H and O–H groups in total. The number of aromatic amines is 1. The monoisotopic (exact) mass is 1220 g/mol. The lowest BCUT2D eigenvalue weighted by Gasteiger charge is -2.60. The largest absolute Gasteiger partial charge is 0.552 e. The number of alkyl halides is 1. The Kier molecular flexibility index (Phi) is 15.3. The summed E-state index contributed by atoms with van der Waals surface area (Å²) in [6, 6.07) is 4.44. The molecule has 5 unspecified atom stereocenters. The number of halogens is 4. The van der Waals surface area contributed by atoms with Gasteiger partial charge in [-0.25, -0.2) is 9.97 Å². The van der Waals surface area contributed by atoms with Gasteiger partial charge in [-0.3, -0.25) is 0 Å². The maximum Gasteiger partial charge on any atom is 0.552 e. The molecule has 4 aromatic rings. The van der Waals surface area contributed by atoms with Gasteiger partial charge in [0.15, 0.2) is 14.5 Å². The van der Waals surface area contributed by atoms with E-state index in [0.29, 0.717) is 56.5 Å². The van der Waals surface area contributed by atoms with Crippen molar-refractivity contribution in [2.75, 3.05) is 13.7 Å². The zero-order chi connectivity index (χ0) is 49.4. The van der Waals surface area contributed by atoms with Crippen molar-refractivity contribution in [2.24, 2.45) is 47.3 Å². The third kappa shape index (κ3) is 9.40. The molecule has 0 spiro atoms. The molecule has 5 atom stereocenters. The summed E-state index contributed by atoms with van der Waals surface area (Å²) in [6.07, 6.45) is 26.7. The zero-order valence-corrected chi connectivity index (χ0v) is 49.9. The molecular weight excluding hydrogens is 1150 g/mol. The number of hydrogen-bond donors (Lipinski definition) is 2. The first-order valence-corrected chi connectivity index (χ1v) is 32.3. The van der Waals surface area contributed by atoms with E-state index in [1.165, 1.54) is 99.1 Å². The Morgan fingerprint density at radius 3 is 2.16 bits per heavy atom. The quantitative estimate of drug-likeness (QED) is 0.120. The number of rotatable bonds is 10. The minimum Gasteiger partial charge on any atom is -0.531 e. The fourth-order valence-electron chi connectivity index (χ4n) is 17.3. The minimum atomic E-state index is -1.94. The molecule has 16 heteroatoms. The van der Waals surface area contributed by atoms with Gasteiger partial charge in [0.1, 0.15) is 22.8 Å². The number of aromatic nitrogens is 4. The fourth-order valence-corrected chi connectivity index (χ4v) is 25.2. The smallest absolute Gasteiger partial charge is 0.531 e. The van der Waals surface area contributed by atoms with E-state index in [4.69, 9.17) is 23.8 Å². The molecule has 0 amide bonds. The van der Waals surface area contributed by atoms with Crippen LogP contribution < -0.4 is 9.39 Å². The lowest BCUT2D eigenvalue weighted by atomic mass is 9.48. The molecule has 8 bridgehead atoms. The Morgan fingerprint density at radius 1 is 0.900 bits per heavy atom. The summed E-state index contributed by atoms with van der Waals surface area (Å²) in [5.41, 5.74) is 9.12. The molecule has 14 rings (SSSR count). The van der Waals surface area contributed by atoms with E-state index < -0.39 is 15.4 Å². The molecule has 70 heavy (non-hydrogen) atoms. The second-order valence-corrected chi connectivity index (χ2v) is 37.4. The number of pyridine rings is 2. The molecule has 9 fully saturated rings. The summed E-state index contributed by atoms with van der Waals surface area (Å²) >= 11 is 13.4. The Morgan fingerprint density at radius 2 is 1.56 bits per heavy atom. The summed E-state index contributed by atoms with van der Waals surface area (Å²) < 4.78 is 28.1. The number of ether oxygens (including phenoxy) is 3. The third-order valence-electron chi connectivity index (χ3n) is 18.8. The van der Waals surface area contributed by atoms with Crippen molar-refractivity contribution in [1.29, 1.82) is 0 Å². The van der Waals surface area contributed by atoms with Crippen LogP contribution in [0.3, 0.4) is 0 Å². The third-order valence-corrected chi connectivity index (χ3v) is 26.5. The van der Waals surface area contributed by atoms with E-state index in [1.54, 1.807) is 6.20 Å². The van der Waals surface area contributed by atoms with Crippen LogP contribution in [-0.2, 0) is 9.47 Å². The highest BCUT2D eigenvalue weighted by Crippen LogP contribution is 2.66. The Labute approximate surface area is 452 Å². The van der Waals surface area contributed by atoms with Gasteiger partial charge in [-0.15, -0.1) is 47.3 Å². The van der Waals surface area contributed by atoms with Crippen molar-refractivity contribution >= 4 is 115 Å². The maximum atomic E-state index is 10.3. The molecule has 1 saturated heterocycles. The molecule has 4 aromatic heterocycles. The van der Waals surface area contributed by atoms with Gasteiger partial charge in [-0.1, -0.05) is 63.5 Å². The van der Waals surface area contributed by atoms with E-state index in [-0.39, 0.29) is 15.1 Å². The highest BCUT2D eigenvalue weighted by molar-refractivity contribution is 9.69. The summed E-state index contributed by atoms with van der Waals surface area (Å²) in [5, 5.41) is 12.7. The standard InChI is InChI=1S/C35H54N2O3Si.C19H20BBrN2O2.BBr3/c1-9-28(32-26-16-25-17-27(32)20-35(18-25,19-26)40-31-12-10-11-15-39-31)33-29-13-14-37(34(29)36-21-30(33)38-8)41(22(2)3,23(4)5)24(6)7;21-19-5-10-3-11(6-19)16(12(4-10)7-19)14-8-20(24)25-15-9-23-18-13(17(14)15)1-2-22-18;2-1(3)4/h9,13-14,21-27,31-32H,10-12,15-20H2,1-8H3;1-2,8-12,16,24H,3-7H2,(H,22,23);. The van der Waals surface area contributed by atoms with Crippen molar-refractivity contribution in [2.45, 2.75) is 165 Å². The van der Waals surface area contributed by atoms with Crippen molar-refractivity contribution in [3.8, 4) is 11.5 Å². The van der Waals surface area contributed by atoms with Crippen molar-refractivity contribution in [1.82, 2.24) is 19.2 Å². The lowest BCUT2D eigenvalue weighted by Crippen LogP contribution is -2.57. The van der Waals surface area contributed by atoms with Gasteiger partial charge in [0, 0.05) is 39.0 Å². The number of fused-ring (bicyclic) bond motifs is 4. The first-order chi connectivity index (χ1) is 33.5. The van der Waals surface area contributed by atoms with Gasteiger partial charge in [0.25, 0.3) is 0 Å². The summed E-state index contributed by atoms with van der Waals surface area (Å²) in [7, 11) is -0.993. The number of allylic oxidation sites excluding steroid dienone is 3. The van der Waals surface area contributed by atoms with Crippen LogP contribution in [-0.4, -0.2) is 72.7 Å². The molecule has 8 aliphatic carbocycles. The van der Waals surface area contributed by atoms with Crippen LogP contribution >= 0.6 is 63.2 Å². The van der Waals surface area contributed by atoms with E-state index >= 15 is 0 Å². The number of methoxy groups -OCH3 is 1.